The van der Waals surface area contributed by atoms with Crippen LogP contribution in [0.15, 0.2) is 30.3 Å². The lowest BCUT2D eigenvalue weighted by Crippen LogP contribution is -2.35. The molecule has 1 amide bonds. The molecule has 1 aliphatic heterocycles. The van der Waals surface area contributed by atoms with E-state index >= 15 is 0 Å². The fraction of sp³-hybridized carbons (Fsp3) is 0.533. The standard InChI is InChI=1S/C15H22N2O/c1-11(2)12(3)10-17-14(18)9-16-15(17)13-7-5-4-6-8-13/h4-8,11-12,15-16H,9-10H2,1-3H3. The molecular formula is C15H22N2O. The fourth-order valence-corrected chi connectivity index (χ4v) is 2.20. The van der Waals surface area contributed by atoms with Crippen LogP contribution in [0, 0.1) is 11.8 Å². The third-order valence-electron chi connectivity index (χ3n) is 3.82. The van der Waals surface area contributed by atoms with Gasteiger partial charge in [-0.3, -0.25) is 10.1 Å². The summed E-state index contributed by atoms with van der Waals surface area (Å²) in [5.74, 6) is 1.31. The van der Waals surface area contributed by atoms with E-state index < -0.39 is 0 Å². The van der Waals surface area contributed by atoms with E-state index in [1.165, 1.54) is 5.56 Å². The predicted molar refractivity (Wildman–Crippen MR) is 72.9 cm³/mol. The van der Waals surface area contributed by atoms with Gasteiger partial charge in [0.15, 0.2) is 0 Å². The van der Waals surface area contributed by atoms with Gasteiger partial charge in [-0.25, -0.2) is 0 Å². The van der Waals surface area contributed by atoms with Gasteiger partial charge in [0.05, 0.1) is 6.54 Å². The molecule has 2 rings (SSSR count). The topological polar surface area (TPSA) is 32.3 Å². The first kappa shape index (κ1) is 13.1. The number of benzene rings is 1. The molecular weight excluding hydrogens is 224 g/mol. The molecule has 1 aliphatic rings. The molecule has 1 aromatic carbocycles. The van der Waals surface area contributed by atoms with Crippen molar-refractivity contribution in [2.75, 3.05) is 13.1 Å². The van der Waals surface area contributed by atoms with E-state index in [2.05, 4.69) is 38.2 Å². The second-order valence-corrected chi connectivity index (χ2v) is 5.46. The summed E-state index contributed by atoms with van der Waals surface area (Å²) < 4.78 is 0. The Morgan fingerprint density at radius 1 is 1.28 bits per heavy atom. The molecule has 2 unspecified atom stereocenters. The van der Waals surface area contributed by atoms with E-state index in [0.29, 0.717) is 18.4 Å². The van der Waals surface area contributed by atoms with Crippen LogP contribution in [0.1, 0.15) is 32.5 Å². The van der Waals surface area contributed by atoms with Gasteiger partial charge in [-0.2, -0.15) is 0 Å². The van der Waals surface area contributed by atoms with Crippen molar-refractivity contribution in [3.63, 3.8) is 0 Å². The number of carbonyl (C=O) groups excluding carboxylic acids is 1. The Morgan fingerprint density at radius 2 is 1.94 bits per heavy atom. The van der Waals surface area contributed by atoms with E-state index in [4.69, 9.17) is 0 Å². The number of hydrogen-bond acceptors (Lipinski definition) is 2. The Morgan fingerprint density at radius 3 is 2.56 bits per heavy atom. The van der Waals surface area contributed by atoms with Gasteiger partial charge in [0.2, 0.25) is 5.91 Å². The molecule has 2 atom stereocenters. The van der Waals surface area contributed by atoms with Crippen LogP contribution >= 0.6 is 0 Å². The van der Waals surface area contributed by atoms with Crippen LogP contribution in [0.2, 0.25) is 0 Å². The van der Waals surface area contributed by atoms with E-state index in [-0.39, 0.29) is 12.1 Å². The molecule has 0 aliphatic carbocycles. The molecule has 98 valence electrons. The quantitative estimate of drug-likeness (QED) is 0.885. The van der Waals surface area contributed by atoms with Gasteiger partial charge in [-0.1, -0.05) is 51.1 Å². The van der Waals surface area contributed by atoms with Crippen molar-refractivity contribution in [1.29, 1.82) is 0 Å². The fourth-order valence-electron chi connectivity index (χ4n) is 2.20. The molecule has 3 heteroatoms. The molecule has 1 N–H and O–H groups in total. The molecule has 0 spiro atoms. The molecule has 0 radical (unpaired) electrons. The zero-order valence-electron chi connectivity index (χ0n) is 11.4. The molecule has 1 heterocycles. The summed E-state index contributed by atoms with van der Waals surface area (Å²) in [6.45, 7) is 7.89. The average Bonchev–Trinajstić information content (AvgIpc) is 2.72. The normalized spacial score (nSPS) is 21.7. The van der Waals surface area contributed by atoms with Gasteiger partial charge in [-0.15, -0.1) is 0 Å². The van der Waals surface area contributed by atoms with Crippen LogP contribution in [0.4, 0.5) is 0 Å². The minimum atomic E-state index is 0.0416. The zero-order valence-corrected chi connectivity index (χ0v) is 11.4. The first-order chi connectivity index (χ1) is 8.59. The maximum absolute atomic E-state index is 12.0. The van der Waals surface area contributed by atoms with Crippen molar-refractivity contribution < 1.29 is 4.79 Å². The maximum atomic E-state index is 12.0. The van der Waals surface area contributed by atoms with Crippen molar-refractivity contribution in [2.45, 2.75) is 26.9 Å². The summed E-state index contributed by atoms with van der Waals surface area (Å²) in [6, 6.07) is 10.2. The first-order valence-electron chi connectivity index (χ1n) is 6.67. The Balaban J connectivity index is 2.13. The third kappa shape index (κ3) is 2.72. The van der Waals surface area contributed by atoms with Crippen molar-refractivity contribution in [3.05, 3.63) is 35.9 Å². The molecule has 1 saturated heterocycles. The average molecular weight is 246 g/mol. The number of nitrogens with zero attached hydrogens (tertiary/aromatic N) is 1. The number of hydrogen-bond donors (Lipinski definition) is 1. The lowest BCUT2D eigenvalue weighted by Gasteiger charge is -2.29. The number of nitrogens with one attached hydrogen (secondary N) is 1. The molecule has 18 heavy (non-hydrogen) atoms. The van der Waals surface area contributed by atoms with E-state index in [1.54, 1.807) is 0 Å². The van der Waals surface area contributed by atoms with Crippen molar-refractivity contribution >= 4 is 5.91 Å². The highest BCUT2D eigenvalue weighted by molar-refractivity contribution is 5.80. The second-order valence-electron chi connectivity index (χ2n) is 5.46. The highest BCUT2D eigenvalue weighted by Gasteiger charge is 2.32. The summed E-state index contributed by atoms with van der Waals surface area (Å²) in [4.78, 5) is 14.0. The lowest BCUT2D eigenvalue weighted by molar-refractivity contribution is -0.128. The van der Waals surface area contributed by atoms with Crippen LogP contribution in [-0.2, 0) is 4.79 Å². The summed E-state index contributed by atoms with van der Waals surface area (Å²) >= 11 is 0. The SMILES string of the molecule is CC(C)C(C)CN1C(=O)CNC1c1ccccc1. The van der Waals surface area contributed by atoms with E-state index in [1.807, 2.05) is 23.1 Å². The highest BCUT2D eigenvalue weighted by Crippen LogP contribution is 2.24. The summed E-state index contributed by atoms with van der Waals surface area (Å²) in [5, 5.41) is 3.29. The van der Waals surface area contributed by atoms with Crippen LogP contribution < -0.4 is 5.32 Å². The first-order valence-corrected chi connectivity index (χ1v) is 6.67. The number of carbonyl (C=O) groups is 1. The van der Waals surface area contributed by atoms with E-state index in [0.717, 1.165) is 6.54 Å². The maximum Gasteiger partial charge on any atom is 0.238 e. The minimum Gasteiger partial charge on any atom is -0.322 e. The van der Waals surface area contributed by atoms with Crippen LogP contribution in [-0.4, -0.2) is 23.9 Å². The van der Waals surface area contributed by atoms with Gasteiger partial charge < -0.3 is 4.90 Å². The minimum absolute atomic E-state index is 0.0416. The Labute approximate surface area is 109 Å². The highest BCUT2D eigenvalue weighted by atomic mass is 16.2. The van der Waals surface area contributed by atoms with Crippen LogP contribution in [0.5, 0.6) is 0 Å². The van der Waals surface area contributed by atoms with Crippen LogP contribution in [0.3, 0.4) is 0 Å². The van der Waals surface area contributed by atoms with Gasteiger partial charge >= 0.3 is 0 Å². The summed E-state index contributed by atoms with van der Waals surface area (Å²) in [6.07, 6.45) is 0.0416. The predicted octanol–water partition coefficient (Wildman–Crippen LogP) is 2.41. The summed E-state index contributed by atoms with van der Waals surface area (Å²) in [5.41, 5.74) is 1.17. The molecule has 0 saturated carbocycles. The molecule has 1 aromatic rings. The Kier molecular flexibility index (Phi) is 4.02. The van der Waals surface area contributed by atoms with Gasteiger partial charge in [0.25, 0.3) is 0 Å². The largest absolute Gasteiger partial charge is 0.322 e. The van der Waals surface area contributed by atoms with Crippen molar-refractivity contribution in [2.24, 2.45) is 11.8 Å². The molecule has 0 bridgehead atoms. The second kappa shape index (κ2) is 5.53. The zero-order chi connectivity index (χ0) is 13.1. The van der Waals surface area contributed by atoms with Crippen LogP contribution in [0.25, 0.3) is 0 Å². The third-order valence-corrected chi connectivity index (χ3v) is 3.82. The van der Waals surface area contributed by atoms with E-state index in [9.17, 15) is 4.79 Å². The summed E-state index contributed by atoms with van der Waals surface area (Å²) in [7, 11) is 0. The van der Waals surface area contributed by atoms with Gasteiger partial charge in [-0.05, 0) is 17.4 Å². The smallest absolute Gasteiger partial charge is 0.238 e. The number of amides is 1. The lowest BCUT2D eigenvalue weighted by atomic mass is 9.97. The molecule has 1 fully saturated rings. The molecule has 0 aromatic heterocycles. The number of rotatable bonds is 4. The Hall–Kier alpha value is -1.35. The van der Waals surface area contributed by atoms with Gasteiger partial charge in [0, 0.05) is 6.54 Å². The monoisotopic (exact) mass is 246 g/mol. The van der Waals surface area contributed by atoms with Gasteiger partial charge in [0.1, 0.15) is 6.17 Å². The van der Waals surface area contributed by atoms with Crippen molar-refractivity contribution in [3.8, 4) is 0 Å². The molecule has 3 nitrogen and oxygen atoms in total. The Bertz CT molecular complexity index is 402. The van der Waals surface area contributed by atoms with Crippen molar-refractivity contribution in [1.82, 2.24) is 10.2 Å².